The van der Waals surface area contributed by atoms with Crippen LogP contribution in [-0.2, 0) is 0 Å². The maximum atomic E-state index is 3.92. The van der Waals surface area contributed by atoms with Gasteiger partial charge in [0.15, 0.2) is 0 Å². The Bertz CT molecular complexity index is 221. The van der Waals surface area contributed by atoms with E-state index in [2.05, 4.69) is 43.6 Å². The average Bonchev–Trinajstić information content (AvgIpc) is 2.87. The largest absolute Gasteiger partial charge is 0.312 e. The van der Waals surface area contributed by atoms with Crippen molar-refractivity contribution in [2.75, 3.05) is 19.6 Å². The van der Waals surface area contributed by atoms with E-state index < -0.39 is 0 Å². The Kier molecular flexibility index (Phi) is 6.21. The van der Waals surface area contributed by atoms with Crippen LogP contribution in [0.1, 0.15) is 52.9 Å². The molecular formula is C15H30N2. The second-order valence-electron chi connectivity index (χ2n) is 5.44. The first-order valence-electron chi connectivity index (χ1n) is 7.28. The van der Waals surface area contributed by atoms with E-state index in [0.29, 0.717) is 11.6 Å². The fourth-order valence-corrected chi connectivity index (χ4v) is 2.96. The molecule has 2 unspecified atom stereocenters. The van der Waals surface area contributed by atoms with E-state index >= 15 is 0 Å². The van der Waals surface area contributed by atoms with Crippen LogP contribution in [0.3, 0.4) is 0 Å². The van der Waals surface area contributed by atoms with Gasteiger partial charge in [0.05, 0.1) is 0 Å². The summed E-state index contributed by atoms with van der Waals surface area (Å²) in [5.74, 6) is 0. The van der Waals surface area contributed by atoms with E-state index in [0.717, 1.165) is 13.0 Å². The predicted molar refractivity (Wildman–Crippen MR) is 76.4 cm³/mol. The third-order valence-electron chi connectivity index (χ3n) is 4.34. The first kappa shape index (κ1) is 14.7. The monoisotopic (exact) mass is 238 g/mol. The molecule has 1 saturated heterocycles. The first-order chi connectivity index (χ1) is 8.19. The fourth-order valence-electron chi connectivity index (χ4n) is 2.96. The van der Waals surface area contributed by atoms with Crippen molar-refractivity contribution in [3.63, 3.8) is 0 Å². The molecule has 1 rings (SSSR count). The van der Waals surface area contributed by atoms with Gasteiger partial charge < -0.3 is 5.32 Å². The molecule has 0 aliphatic carbocycles. The minimum absolute atomic E-state index is 0.292. The first-order valence-corrected chi connectivity index (χ1v) is 7.28. The molecule has 0 bridgehead atoms. The number of hydrogen-bond donors (Lipinski definition) is 1. The van der Waals surface area contributed by atoms with E-state index in [4.69, 9.17) is 0 Å². The van der Waals surface area contributed by atoms with E-state index in [1.54, 1.807) is 0 Å². The second kappa shape index (κ2) is 7.17. The fraction of sp³-hybridized carbons (Fsp3) is 0.867. The van der Waals surface area contributed by atoms with Crippen molar-refractivity contribution in [2.24, 2.45) is 0 Å². The molecule has 0 aromatic heterocycles. The molecule has 0 aromatic carbocycles. The molecule has 1 aliphatic heterocycles. The molecule has 100 valence electrons. The third kappa shape index (κ3) is 3.56. The predicted octanol–water partition coefficient (Wildman–Crippen LogP) is 3.20. The van der Waals surface area contributed by atoms with Crippen LogP contribution >= 0.6 is 0 Å². The van der Waals surface area contributed by atoms with Gasteiger partial charge in [-0.3, -0.25) is 4.90 Å². The Hall–Kier alpha value is -0.340. The molecule has 0 aromatic rings. The van der Waals surface area contributed by atoms with Gasteiger partial charge in [-0.1, -0.05) is 19.9 Å². The summed E-state index contributed by atoms with van der Waals surface area (Å²) < 4.78 is 0. The van der Waals surface area contributed by atoms with E-state index in [1.165, 1.54) is 38.8 Å². The normalized spacial score (nSPS) is 22.3. The number of nitrogens with zero attached hydrogens (tertiary/aromatic N) is 1. The summed E-state index contributed by atoms with van der Waals surface area (Å²) in [6, 6.07) is 0.544. The zero-order valence-electron chi connectivity index (χ0n) is 12.0. The minimum Gasteiger partial charge on any atom is -0.312 e. The maximum Gasteiger partial charge on any atom is 0.0334 e. The van der Waals surface area contributed by atoms with Crippen molar-refractivity contribution in [3.8, 4) is 0 Å². The topological polar surface area (TPSA) is 15.3 Å². The van der Waals surface area contributed by atoms with Crippen LogP contribution < -0.4 is 5.32 Å². The Morgan fingerprint density at radius 3 is 2.47 bits per heavy atom. The van der Waals surface area contributed by atoms with Gasteiger partial charge in [-0.25, -0.2) is 0 Å². The lowest BCUT2D eigenvalue weighted by Crippen LogP contribution is -2.58. The molecule has 0 spiro atoms. The molecule has 1 aliphatic rings. The highest BCUT2D eigenvalue weighted by atomic mass is 15.2. The van der Waals surface area contributed by atoms with Crippen molar-refractivity contribution >= 4 is 0 Å². The maximum absolute atomic E-state index is 3.92. The van der Waals surface area contributed by atoms with Gasteiger partial charge in [0.25, 0.3) is 0 Å². The van der Waals surface area contributed by atoms with Gasteiger partial charge >= 0.3 is 0 Å². The second-order valence-corrected chi connectivity index (χ2v) is 5.44. The Morgan fingerprint density at radius 1 is 1.35 bits per heavy atom. The molecule has 1 heterocycles. The van der Waals surface area contributed by atoms with Gasteiger partial charge in [-0.05, 0) is 58.7 Å². The highest BCUT2D eigenvalue weighted by Gasteiger charge is 2.38. The standard InChI is InChI=1S/C15H30N2/c1-5-10-14(16-11-6-2)15(4,7-3)17-12-8-9-13-17/h5,14,16H,1,6-13H2,2-4H3. The van der Waals surface area contributed by atoms with Crippen LogP contribution in [0.5, 0.6) is 0 Å². The number of rotatable bonds is 8. The number of likely N-dealkylation sites (tertiary alicyclic amines) is 1. The number of nitrogens with one attached hydrogen (secondary N) is 1. The molecule has 1 fully saturated rings. The smallest absolute Gasteiger partial charge is 0.0334 e. The lowest BCUT2D eigenvalue weighted by atomic mass is 9.85. The average molecular weight is 238 g/mol. The molecule has 17 heavy (non-hydrogen) atoms. The zero-order chi connectivity index (χ0) is 12.7. The Balaban J connectivity index is 2.72. The summed E-state index contributed by atoms with van der Waals surface area (Å²) in [6.07, 6.45) is 8.28. The minimum atomic E-state index is 0.292. The van der Waals surface area contributed by atoms with Crippen molar-refractivity contribution in [1.29, 1.82) is 0 Å². The summed E-state index contributed by atoms with van der Waals surface area (Å²) in [4.78, 5) is 2.68. The quantitative estimate of drug-likeness (QED) is 0.653. The van der Waals surface area contributed by atoms with Crippen LogP contribution in [0.2, 0.25) is 0 Å². The van der Waals surface area contributed by atoms with Crippen molar-refractivity contribution in [2.45, 2.75) is 64.5 Å². The van der Waals surface area contributed by atoms with E-state index in [1.807, 2.05) is 0 Å². The molecular weight excluding hydrogens is 208 g/mol. The molecule has 2 heteroatoms. The number of hydrogen-bond acceptors (Lipinski definition) is 2. The van der Waals surface area contributed by atoms with Gasteiger partial charge in [-0.2, -0.15) is 0 Å². The highest BCUT2D eigenvalue weighted by molar-refractivity contribution is 5.00. The molecule has 0 saturated carbocycles. The molecule has 2 atom stereocenters. The highest BCUT2D eigenvalue weighted by Crippen LogP contribution is 2.29. The van der Waals surface area contributed by atoms with Crippen molar-refractivity contribution in [3.05, 3.63) is 12.7 Å². The molecule has 0 amide bonds. The summed E-state index contributed by atoms with van der Waals surface area (Å²) >= 11 is 0. The van der Waals surface area contributed by atoms with Crippen LogP contribution in [0.25, 0.3) is 0 Å². The van der Waals surface area contributed by atoms with Crippen LogP contribution in [0.15, 0.2) is 12.7 Å². The van der Waals surface area contributed by atoms with Crippen LogP contribution in [-0.4, -0.2) is 36.1 Å². The van der Waals surface area contributed by atoms with Crippen LogP contribution in [0, 0.1) is 0 Å². The van der Waals surface area contributed by atoms with Gasteiger partial charge in [-0.15, -0.1) is 6.58 Å². The van der Waals surface area contributed by atoms with Crippen molar-refractivity contribution in [1.82, 2.24) is 10.2 Å². The Morgan fingerprint density at radius 2 is 2.00 bits per heavy atom. The lowest BCUT2D eigenvalue weighted by molar-refractivity contribution is 0.0851. The lowest BCUT2D eigenvalue weighted by Gasteiger charge is -2.45. The van der Waals surface area contributed by atoms with E-state index in [-0.39, 0.29) is 0 Å². The van der Waals surface area contributed by atoms with Crippen molar-refractivity contribution < 1.29 is 0 Å². The van der Waals surface area contributed by atoms with Gasteiger partial charge in [0.1, 0.15) is 0 Å². The van der Waals surface area contributed by atoms with Gasteiger partial charge in [0, 0.05) is 11.6 Å². The third-order valence-corrected chi connectivity index (χ3v) is 4.34. The van der Waals surface area contributed by atoms with E-state index in [9.17, 15) is 0 Å². The summed E-state index contributed by atoms with van der Waals surface area (Å²) in [6.45, 7) is 14.6. The molecule has 2 nitrogen and oxygen atoms in total. The molecule has 1 N–H and O–H groups in total. The summed E-state index contributed by atoms with van der Waals surface area (Å²) in [5.41, 5.74) is 0.292. The van der Waals surface area contributed by atoms with Crippen LogP contribution in [0.4, 0.5) is 0 Å². The summed E-state index contributed by atoms with van der Waals surface area (Å²) in [7, 11) is 0. The van der Waals surface area contributed by atoms with Gasteiger partial charge in [0.2, 0.25) is 0 Å². The summed E-state index contributed by atoms with van der Waals surface area (Å²) in [5, 5.41) is 3.73. The SMILES string of the molecule is C=CCC(NCCC)C(C)(CC)N1CCCC1. The Labute approximate surface area is 107 Å². The molecule has 0 radical (unpaired) electrons. The zero-order valence-corrected chi connectivity index (χ0v) is 12.0.